The molecule has 1 amide bonds. The van der Waals surface area contributed by atoms with E-state index < -0.39 is 0 Å². The first kappa shape index (κ1) is 16.1. The SMILES string of the molecule is CC(C)(C)c1cccc(OCC(=O)NCc2ccccc2)c1. The monoisotopic (exact) mass is 297 g/mol. The number of hydrogen-bond donors (Lipinski definition) is 1. The molecule has 0 aromatic heterocycles. The van der Waals surface area contributed by atoms with Gasteiger partial charge in [-0.3, -0.25) is 4.79 Å². The second-order valence-electron chi connectivity index (χ2n) is 6.33. The fourth-order valence-corrected chi connectivity index (χ4v) is 2.05. The molecule has 22 heavy (non-hydrogen) atoms. The normalized spacial score (nSPS) is 11.0. The van der Waals surface area contributed by atoms with Crippen LogP contribution in [0, 0.1) is 0 Å². The minimum atomic E-state index is -0.120. The quantitative estimate of drug-likeness (QED) is 0.914. The minimum absolute atomic E-state index is 0.0282. The predicted molar refractivity (Wildman–Crippen MR) is 88.9 cm³/mol. The average Bonchev–Trinajstić information content (AvgIpc) is 2.51. The van der Waals surface area contributed by atoms with E-state index in [0.717, 1.165) is 11.3 Å². The zero-order valence-electron chi connectivity index (χ0n) is 13.4. The molecule has 2 aromatic rings. The Morgan fingerprint density at radius 2 is 1.77 bits per heavy atom. The smallest absolute Gasteiger partial charge is 0.258 e. The Morgan fingerprint density at radius 1 is 1.05 bits per heavy atom. The summed E-state index contributed by atoms with van der Waals surface area (Å²) in [6, 6.07) is 17.7. The van der Waals surface area contributed by atoms with Gasteiger partial charge in [-0.05, 0) is 28.7 Å². The number of ether oxygens (including phenoxy) is 1. The Labute approximate surface area is 132 Å². The highest BCUT2D eigenvalue weighted by Crippen LogP contribution is 2.25. The first-order chi connectivity index (χ1) is 10.4. The van der Waals surface area contributed by atoms with Crippen molar-refractivity contribution in [3.63, 3.8) is 0 Å². The maximum atomic E-state index is 11.8. The van der Waals surface area contributed by atoms with Crippen molar-refractivity contribution in [1.82, 2.24) is 5.32 Å². The molecule has 2 rings (SSSR count). The summed E-state index contributed by atoms with van der Waals surface area (Å²) in [5.41, 5.74) is 2.33. The molecule has 116 valence electrons. The second kappa shape index (κ2) is 7.12. The molecule has 0 aliphatic rings. The summed E-state index contributed by atoms with van der Waals surface area (Å²) in [6.07, 6.45) is 0. The second-order valence-corrected chi connectivity index (χ2v) is 6.33. The van der Waals surface area contributed by atoms with E-state index in [2.05, 4.69) is 32.2 Å². The molecular formula is C19H23NO2. The summed E-state index contributed by atoms with van der Waals surface area (Å²) in [5.74, 6) is 0.604. The van der Waals surface area contributed by atoms with Gasteiger partial charge in [0.15, 0.2) is 6.61 Å². The fraction of sp³-hybridized carbons (Fsp3) is 0.316. The number of nitrogens with one attached hydrogen (secondary N) is 1. The first-order valence-electron chi connectivity index (χ1n) is 7.49. The van der Waals surface area contributed by atoms with Crippen LogP contribution in [0.3, 0.4) is 0 Å². The van der Waals surface area contributed by atoms with Gasteiger partial charge in [0.2, 0.25) is 0 Å². The van der Waals surface area contributed by atoms with Crippen molar-refractivity contribution < 1.29 is 9.53 Å². The van der Waals surface area contributed by atoms with Crippen LogP contribution in [0.1, 0.15) is 31.9 Å². The molecule has 0 atom stereocenters. The molecule has 0 aliphatic carbocycles. The number of hydrogen-bond acceptors (Lipinski definition) is 2. The van der Waals surface area contributed by atoms with E-state index in [1.54, 1.807) is 0 Å². The molecule has 0 aliphatic heterocycles. The van der Waals surface area contributed by atoms with Gasteiger partial charge in [0.05, 0.1) is 0 Å². The number of rotatable bonds is 5. The van der Waals surface area contributed by atoms with Crippen molar-refractivity contribution in [2.45, 2.75) is 32.7 Å². The maximum absolute atomic E-state index is 11.8. The van der Waals surface area contributed by atoms with E-state index in [-0.39, 0.29) is 17.9 Å². The summed E-state index contributed by atoms with van der Waals surface area (Å²) < 4.78 is 5.58. The van der Waals surface area contributed by atoms with E-state index in [1.165, 1.54) is 5.56 Å². The van der Waals surface area contributed by atoms with Crippen LogP contribution >= 0.6 is 0 Å². The molecule has 1 N–H and O–H groups in total. The summed E-state index contributed by atoms with van der Waals surface area (Å²) in [6.45, 7) is 7.00. The van der Waals surface area contributed by atoms with Crippen molar-refractivity contribution >= 4 is 5.91 Å². The molecule has 2 aromatic carbocycles. The van der Waals surface area contributed by atoms with Gasteiger partial charge < -0.3 is 10.1 Å². The van der Waals surface area contributed by atoms with Crippen molar-refractivity contribution in [1.29, 1.82) is 0 Å². The minimum Gasteiger partial charge on any atom is -0.484 e. The van der Waals surface area contributed by atoms with Crippen LogP contribution in [-0.4, -0.2) is 12.5 Å². The van der Waals surface area contributed by atoms with Crippen molar-refractivity contribution in [3.8, 4) is 5.75 Å². The highest BCUT2D eigenvalue weighted by molar-refractivity contribution is 5.77. The van der Waals surface area contributed by atoms with Crippen LogP contribution < -0.4 is 10.1 Å². The standard InChI is InChI=1S/C19H23NO2/c1-19(2,3)16-10-7-11-17(12-16)22-14-18(21)20-13-15-8-5-4-6-9-15/h4-12H,13-14H2,1-3H3,(H,20,21). The molecule has 0 radical (unpaired) electrons. The topological polar surface area (TPSA) is 38.3 Å². The summed E-state index contributed by atoms with van der Waals surface area (Å²) >= 11 is 0. The van der Waals surface area contributed by atoms with Crippen molar-refractivity contribution in [3.05, 3.63) is 65.7 Å². The highest BCUT2D eigenvalue weighted by atomic mass is 16.5. The summed E-state index contributed by atoms with van der Waals surface area (Å²) in [4.78, 5) is 11.8. The zero-order chi connectivity index (χ0) is 16.0. The van der Waals surface area contributed by atoms with E-state index in [0.29, 0.717) is 6.54 Å². The van der Waals surface area contributed by atoms with Crippen molar-refractivity contribution in [2.24, 2.45) is 0 Å². The van der Waals surface area contributed by atoms with E-state index in [4.69, 9.17) is 4.74 Å². The molecule has 0 heterocycles. The number of carbonyl (C=O) groups excluding carboxylic acids is 1. The van der Waals surface area contributed by atoms with Gasteiger partial charge in [0, 0.05) is 6.54 Å². The third-order valence-electron chi connectivity index (χ3n) is 3.40. The summed E-state index contributed by atoms with van der Waals surface area (Å²) in [7, 11) is 0. The molecule has 0 fully saturated rings. The van der Waals surface area contributed by atoms with Gasteiger partial charge >= 0.3 is 0 Å². The van der Waals surface area contributed by atoms with E-state index >= 15 is 0 Å². The fourth-order valence-electron chi connectivity index (χ4n) is 2.05. The Balaban J connectivity index is 1.84. The molecule has 3 nitrogen and oxygen atoms in total. The van der Waals surface area contributed by atoms with Gasteiger partial charge in [0.25, 0.3) is 5.91 Å². The van der Waals surface area contributed by atoms with Gasteiger partial charge in [-0.15, -0.1) is 0 Å². The molecule has 3 heteroatoms. The molecule has 0 saturated heterocycles. The first-order valence-corrected chi connectivity index (χ1v) is 7.49. The third kappa shape index (κ3) is 4.92. The predicted octanol–water partition coefficient (Wildman–Crippen LogP) is 3.68. The number of carbonyl (C=O) groups is 1. The molecule has 0 saturated carbocycles. The summed E-state index contributed by atoms with van der Waals surface area (Å²) in [5, 5.41) is 2.85. The molecule has 0 bridgehead atoms. The van der Waals surface area contributed by atoms with Crippen LogP contribution in [0.4, 0.5) is 0 Å². The van der Waals surface area contributed by atoms with Crippen LogP contribution in [0.5, 0.6) is 5.75 Å². The van der Waals surface area contributed by atoms with Gasteiger partial charge in [-0.25, -0.2) is 0 Å². The Morgan fingerprint density at radius 3 is 2.45 bits per heavy atom. The van der Waals surface area contributed by atoms with Gasteiger partial charge in [-0.2, -0.15) is 0 Å². The Bertz CT molecular complexity index is 615. The number of benzene rings is 2. The maximum Gasteiger partial charge on any atom is 0.258 e. The van der Waals surface area contributed by atoms with Crippen LogP contribution in [0.25, 0.3) is 0 Å². The van der Waals surface area contributed by atoms with Crippen molar-refractivity contribution in [2.75, 3.05) is 6.61 Å². The highest BCUT2D eigenvalue weighted by Gasteiger charge is 2.14. The lowest BCUT2D eigenvalue weighted by Gasteiger charge is -2.19. The largest absolute Gasteiger partial charge is 0.484 e. The lowest BCUT2D eigenvalue weighted by atomic mass is 9.87. The van der Waals surface area contributed by atoms with Crippen LogP contribution in [0.2, 0.25) is 0 Å². The van der Waals surface area contributed by atoms with E-state index in [1.807, 2.05) is 48.5 Å². The lowest BCUT2D eigenvalue weighted by molar-refractivity contribution is -0.123. The van der Waals surface area contributed by atoms with Crippen LogP contribution in [0.15, 0.2) is 54.6 Å². The Hall–Kier alpha value is -2.29. The van der Waals surface area contributed by atoms with E-state index in [9.17, 15) is 4.79 Å². The number of amides is 1. The average molecular weight is 297 g/mol. The van der Waals surface area contributed by atoms with Gasteiger partial charge in [0.1, 0.15) is 5.75 Å². The molecule has 0 spiro atoms. The van der Waals surface area contributed by atoms with Gasteiger partial charge in [-0.1, -0.05) is 63.2 Å². The Kier molecular flexibility index (Phi) is 5.21. The third-order valence-corrected chi connectivity index (χ3v) is 3.40. The molecular weight excluding hydrogens is 274 g/mol. The molecule has 0 unspecified atom stereocenters. The zero-order valence-corrected chi connectivity index (χ0v) is 13.4. The van der Waals surface area contributed by atoms with Crippen LogP contribution in [-0.2, 0) is 16.8 Å². The lowest BCUT2D eigenvalue weighted by Crippen LogP contribution is -2.28.